The molecule has 1 unspecified atom stereocenters. The molecule has 8 heteroatoms. The Labute approximate surface area is 101 Å². The number of rotatable bonds is 6. The lowest BCUT2D eigenvalue weighted by atomic mass is 10.1. The van der Waals surface area contributed by atoms with E-state index in [1.807, 2.05) is 0 Å². The van der Waals surface area contributed by atoms with E-state index in [0.717, 1.165) is 10.7 Å². The number of hydrogen-bond acceptors (Lipinski definition) is 4. The van der Waals surface area contributed by atoms with E-state index in [4.69, 9.17) is 10.2 Å². The predicted octanol–water partition coefficient (Wildman–Crippen LogP) is -0.858. The van der Waals surface area contributed by atoms with Crippen LogP contribution in [0.3, 0.4) is 0 Å². The molecule has 1 aliphatic heterocycles. The number of hydrogen-bond donors (Lipinski definition) is 3. The summed E-state index contributed by atoms with van der Waals surface area (Å²) in [6, 6.07) is -0.977. The third kappa shape index (κ3) is 3.91. The zero-order chi connectivity index (χ0) is 12.9. The molecule has 7 nitrogen and oxygen atoms in total. The Hall–Kier alpha value is -0.700. The van der Waals surface area contributed by atoms with Gasteiger partial charge in [-0.15, -0.1) is 0 Å². The highest BCUT2D eigenvalue weighted by Crippen LogP contribution is 2.19. The van der Waals surface area contributed by atoms with Gasteiger partial charge in [-0.1, -0.05) is 0 Å². The summed E-state index contributed by atoms with van der Waals surface area (Å²) in [4.78, 5) is 11.0. The number of aliphatic hydroxyl groups excluding tert-OH is 1. The molecule has 1 fully saturated rings. The van der Waals surface area contributed by atoms with Crippen LogP contribution < -0.4 is 4.72 Å². The number of aliphatic hydroxyl groups is 1. The monoisotopic (exact) mass is 266 g/mol. The van der Waals surface area contributed by atoms with Crippen LogP contribution in [0.15, 0.2) is 0 Å². The number of carboxylic acid groups (broad SMARTS) is 1. The summed E-state index contributed by atoms with van der Waals surface area (Å²) in [6.07, 6.45) is 2.05. The van der Waals surface area contributed by atoms with Crippen molar-refractivity contribution in [2.45, 2.75) is 31.7 Å². The van der Waals surface area contributed by atoms with Crippen LogP contribution in [0.4, 0.5) is 0 Å². The maximum Gasteiger partial charge on any atom is 0.322 e. The Morgan fingerprint density at radius 1 is 1.41 bits per heavy atom. The highest BCUT2D eigenvalue weighted by atomic mass is 32.2. The lowest BCUT2D eigenvalue weighted by Gasteiger charge is -2.31. The van der Waals surface area contributed by atoms with Crippen LogP contribution in [-0.4, -0.2) is 54.6 Å². The summed E-state index contributed by atoms with van der Waals surface area (Å²) >= 11 is 0. The third-order valence-electron chi connectivity index (χ3n) is 2.67. The van der Waals surface area contributed by atoms with Gasteiger partial charge < -0.3 is 10.2 Å². The van der Waals surface area contributed by atoms with Crippen molar-refractivity contribution in [3.63, 3.8) is 0 Å². The lowest BCUT2D eigenvalue weighted by Crippen LogP contribution is -2.52. The van der Waals surface area contributed by atoms with E-state index in [-0.39, 0.29) is 19.7 Å². The highest BCUT2D eigenvalue weighted by molar-refractivity contribution is 7.87. The lowest BCUT2D eigenvalue weighted by molar-refractivity contribution is -0.142. The molecule has 0 spiro atoms. The minimum atomic E-state index is -3.76. The second-order valence-electron chi connectivity index (χ2n) is 3.94. The van der Waals surface area contributed by atoms with Crippen molar-refractivity contribution in [2.24, 2.45) is 0 Å². The van der Waals surface area contributed by atoms with Gasteiger partial charge in [0.15, 0.2) is 0 Å². The molecule has 0 radical (unpaired) electrons. The quantitative estimate of drug-likeness (QED) is 0.542. The van der Waals surface area contributed by atoms with Crippen LogP contribution >= 0.6 is 0 Å². The van der Waals surface area contributed by atoms with Crippen molar-refractivity contribution in [1.82, 2.24) is 9.03 Å². The summed E-state index contributed by atoms with van der Waals surface area (Å²) < 4.78 is 27.0. The smallest absolute Gasteiger partial charge is 0.322 e. The summed E-state index contributed by atoms with van der Waals surface area (Å²) in [6.45, 7) is 0.234. The van der Waals surface area contributed by atoms with E-state index >= 15 is 0 Å². The maximum absolute atomic E-state index is 11.8. The first kappa shape index (κ1) is 14.4. The first-order chi connectivity index (χ1) is 7.99. The van der Waals surface area contributed by atoms with Crippen LogP contribution in [0.25, 0.3) is 0 Å². The number of carboxylic acids is 1. The zero-order valence-corrected chi connectivity index (χ0v) is 10.3. The van der Waals surface area contributed by atoms with Gasteiger partial charge >= 0.3 is 5.97 Å². The summed E-state index contributed by atoms with van der Waals surface area (Å²) in [5.74, 6) is -1.11. The van der Waals surface area contributed by atoms with Crippen LogP contribution in [0, 0.1) is 0 Å². The molecule has 3 N–H and O–H groups in total. The Balaban J connectivity index is 2.69. The summed E-state index contributed by atoms with van der Waals surface area (Å²) in [5.41, 5.74) is 0. The van der Waals surface area contributed by atoms with Crippen molar-refractivity contribution in [2.75, 3.05) is 19.7 Å². The summed E-state index contributed by atoms with van der Waals surface area (Å²) in [5, 5.41) is 17.5. The molecular formula is C9H18N2O5S. The molecule has 0 bridgehead atoms. The molecule has 0 aromatic heterocycles. The Bertz CT molecular complexity index is 356. The molecule has 17 heavy (non-hydrogen) atoms. The first-order valence-corrected chi connectivity index (χ1v) is 7.03. The third-order valence-corrected chi connectivity index (χ3v) is 4.29. The van der Waals surface area contributed by atoms with Crippen molar-refractivity contribution in [3.05, 3.63) is 0 Å². The van der Waals surface area contributed by atoms with E-state index in [1.165, 1.54) is 0 Å². The molecule has 1 atom stereocenters. The number of nitrogens with zero attached hydrogens (tertiary/aromatic N) is 1. The van der Waals surface area contributed by atoms with E-state index in [9.17, 15) is 13.2 Å². The minimum absolute atomic E-state index is 0.106. The second kappa shape index (κ2) is 6.29. The number of carbonyl (C=O) groups is 1. The Morgan fingerprint density at radius 2 is 2.12 bits per heavy atom. The predicted molar refractivity (Wildman–Crippen MR) is 60.6 cm³/mol. The molecule has 1 heterocycles. The molecule has 0 saturated carbocycles. The number of aliphatic carboxylic acids is 1. The van der Waals surface area contributed by atoms with Gasteiger partial charge in [-0.25, -0.2) is 4.72 Å². The largest absolute Gasteiger partial charge is 0.480 e. The molecule has 0 aliphatic carbocycles. The van der Waals surface area contributed by atoms with Gasteiger partial charge in [-0.3, -0.25) is 4.79 Å². The van der Waals surface area contributed by atoms with Crippen molar-refractivity contribution >= 4 is 16.2 Å². The molecule has 0 amide bonds. The van der Waals surface area contributed by atoms with E-state index in [1.54, 1.807) is 0 Å². The van der Waals surface area contributed by atoms with Gasteiger partial charge in [-0.2, -0.15) is 12.7 Å². The standard InChI is InChI=1S/C9H18N2O5S/c12-7-3-5-10-17(15,16)11-6-2-1-4-8(11)9(13)14/h8,10,12H,1-7H2,(H,13,14). The molecular weight excluding hydrogens is 248 g/mol. The molecule has 1 aliphatic rings. The normalized spacial score (nSPS) is 22.5. The van der Waals surface area contributed by atoms with Crippen molar-refractivity contribution in [3.8, 4) is 0 Å². The number of piperidine rings is 1. The molecule has 100 valence electrons. The number of nitrogens with one attached hydrogen (secondary N) is 1. The van der Waals surface area contributed by atoms with Crippen LogP contribution in [0.5, 0.6) is 0 Å². The zero-order valence-electron chi connectivity index (χ0n) is 9.50. The van der Waals surface area contributed by atoms with Gasteiger partial charge in [0.25, 0.3) is 10.2 Å². The van der Waals surface area contributed by atoms with Crippen LogP contribution in [-0.2, 0) is 15.0 Å². The van der Waals surface area contributed by atoms with E-state index < -0.39 is 22.2 Å². The van der Waals surface area contributed by atoms with E-state index in [2.05, 4.69) is 4.72 Å². The Kier molecular flexibility index (Phi) is 5.31. The minimum Gasteiger partial charge on any atom is -0.480 e. The molecule has 0 aromatic carbocycles. The van der Waals surface area contributed by atoms with Gasteiger partial charge in [-0.05, 0) is 25.7 Å². The van der Waals surface area contributed by atoms with Gasteiger partial charge in [0.2, 0.25) is 0 Å². The van der Waals surface area contributed by atoms with Gasteiger partial charge in [0, 0.05) is 19.7 Å². The molecule has 1 rings (SSSR count). The maximum atomic E-state index is 11.8. The van der Waals surface area contributed by atoms with E-state index in [0.29, 0.717) is 19.3 Å². The fourth-order valence-corrected chi connectivity index (χ4v) is 3.27. The molecule has 0 aromatic rings. The topological polar surface area (TPSA) is 107 Å². The highest BCUT2D eigenvalue weighted by Gasteiger charge is 2.36. The van der Waals surface area contributed by atoms with Crippen molar-refractivity contribution < 1.29 is 23.4 Å². The van der Waals surface area contributed by atoms with Crippen LogP contribution in [0.2, 0.25) is 0 Å². The van der Waals surface area contributed by atoms with Gasteiger partial charge in [0.05, 0.1) is 0 Å². The average molecular weight is 266 g/mol. The SMILES string of the molecule is O=C(O)C1CCCCN1S(=O)(=O)NCCCO. The Morgan fingerprint density at radius 3 is 2.71 bits per heavy atom. The van der Waals surface area contributed by atoms with Crippen LogP contribution in [0.1, 0.15) is 25.7 Å². The summed E-state index contributed by atoms with van der Waals surface area (Å²) in [7, 11) is -3.76. The second-order valence-corrected chi connectivity index (χ2v) is 5.64. The van der Waals surface area contributed by atoms with Gasteiger partial charge in [0.1, 0.15) is 6.04 Å². The molecule has 1 saturated heterocycles. The average Bonchev–Trinajstić information content (AvgIpc) is 2.29. The fraction of sp³-hybridized carbons (Fsp3) is 0.889. The van der Waals surface area contributed by atoms with Crippen molar-refractivity contribution in [1.29, 1.82) is 0 Å². The fourth-order valence-electron chi connectivity index (χ4n) is 1.80. The first-order valence-electron chi connectivity index (χ1n) is 5.59.